The van der Waals surface area contributed by atoms with Crippen LogP contribution >= 0.6 is 11.8 Å². The van der Waals surface area contributed by atoms with E-state index in [0.29, 0.717) is 18.0 Å². The molecule has 1 atom stereocenters. The highest BCUT2D eigenvalue weighted by atomic mass is 32.2. The van der Waals surface area contributed by atoms with Crippen LogP contribution in [0.4, 0.5) is 11.4 Å². The van der Waals surface area contributed by atoms with E-state index in [1.54, 1.807) is 43.1 Å². The lowest BCUT2D eigenvalue weighted by atomic mass is 10.1. The maximum Gasteiger partial charge on any atom is 0.252 e. The molecule has 0 saturated heterocycles. The van der Waals surface area contributed by atoms with Crippen molar-refractivity contribution in [2.75, 3.05) is 17.3 Å². The molecule has 0 saturated carbocycles. The Morgan fingerprint density at radius 2 is 1.67 bits per heavy atom. The SMILES string of the molecule is CN1C(=O)C(C)(C(=O)Nc2ccc(OCc3ccccc3)cc2)Sc2ccccc21. The summed E-state index contributed by atoms with van der Waals surface area (Å²) in [6.07, 6.45) is 0. The first-order valence-corrected chi connectivity index (χ1v) is 10.4. The van der Waals surface area contributed by atoms with Crippen LogP contribution in [-0.2, 0) is 16.2 Å². The molecule has 4 rings (SSSR count). The van der Waals surface area contributed by atoms with Crippen molar-refractivity contribution in [2.24, 2.45) is 0 Å². The summed E-state index contributed by atoms with van der Waals surface area (Å²) in [5.74, 6) is 0.114. The number of nitrogens with one attached hydrogen (secondary N) is 1. The normalized spacial score (nSPS) is 17.9. The highest BCUT2D eigenvalue weighted by molar-refractivity contribution is 8.02. The van der Waals surface area contributed by atoms with Gasteiger partial charge in [0.2, 0.25) is 5.91 Å². The Balaban J connectivity index is 1.44. The van der Waals surface area contributed by atoms with Crippen LogP contribution in [0.3, 0.4) is 0 Å². The summed E-state index contributed by atoms with van der Waals surface area (Å²) in [6, 6.07) is 24.7. The fraction of sp³-hybridized carbons (Fsp3) is 0.167. The lowest BCUT2D eigenvalue weighted by Gasteiger charge is -2.36. The van der Waals surface area contributed by atoms with Crippen molar-refractivity contribution in [2.45, 2.75) is 23.2 Å². The van der Waals surface area contributed by atoms with Crippen molar-refractivity contribution in [1.82, 2.24) is 0 Å². The van der Waals surface area contributed by atoms with Crippen LogP contribution in [-0.4, -0.2) is 23.6 Å². The van der Waals surface area contributed by atoms with Gasteiger partial charge in [-0.05, 0) is 48.9 Å². The minimum absolute atomic E-state index is 0.244. The number of ether oxygens (including phenoxy) is 1. The van der Waals surface area contributed by atoms with Gasteiger partial charge >= 0.3 is 0 Å². The first-order chi connectivity index (χ1) is 14.5. The van der Waals surface area contributed by atoms with E-state index in [1.165, 1.54) is 11.8 Å². The van der Waals surface area contributed by atoms with Crippen LogP contribution in [0.25, 0.3) is 0 Å². The Morgan fingerprint density at radius 3 is 2.40 bits per heavy atom. The van der Waals surface area contributed by atoms with Crippen molar-refractivity contribution < 1.29 is 14.3 Å². The van der Waals surface area contributed by atoms with Gasteiger partial charge in [0.25, 0.3) is 5.91 Å². The maximum absolute atomic E-state index is 13.0. The molecule has 3 aromatic rings. The number of rotatable bonds is 5. The first kappa shape index (κ1) is 20.0. The number of anilines is 2. The van der Waals surface area contributed by atoms with Gasteiger partial charge in [-0.2, -0.15) is 0 Å². The third-order valence-corrected chi connectivity index (χ3v) is 6.38. The van der Waals surface area contributed by atoms with Gasteiger partial charge in [-0.3, -0.25) is 9.59 Å². The quantitative estimate of drug-likeness (QED) is 0.609. The molecular formula is C24H22N2O3S. The van der Waals surface area contributed by atoms with E-state index < -0.39 is 4.75 Å². The second kappa shape index (κ2) is 8.24. The Hall–Kier alpha value is -3.25. The molecule has 0 aromatic heterocycles. The minimum Gasteiger partial charge on any atom is -0.489 e. The number of carbonyl (C=O) groups excluding carboxylic acids is 2. The zero-order valence-corrected chi connectivity index (χ0v) is 17.6. The molecule has 1 aliphatic rings. The van der Waals surface area contributed by atoms with Gasteiger partial charge in [0.05, 0.1) is 5.69 Å². The first-order valence-electron chi connectivity index (χ1n) is 9.62. The van der Waals surface area contributed by atoms with E-state index in [0.717, 1.165) is 16.1 Å². The summed E-state index contributed by atoms with van der Waals surface area (Å²) in [4.78, 5) is 28.4. The zero-order chi connectivity index (χ0) is 21.1. The van der Waals surface area contributed by atoms with Crippen LogP contribution in [0.2, 0.25) is 0 Å². The third kappa shape index (κ3) is 3.91. The molecule has 0 aliphatic carbocycles. The molecule has 1 unspecified atom stereocenters. The van der Waals surface area contributed by atoms with E-state index in [-0.39, 0.29) is 11.8 Å². The molecule has 0 bridgehead atoms. The van der Waals surface area contributed by atoms with E-state index >= 15 is 0 Å². The largest absolute Gasteiger partial charge is 0.489 e. The minimum atomic E-state index is -1.24. The molecule has 3 aromatic carbocycles. The van der Waals surface area contributed by atoms with Crippen molar-refractivity contribution in [3.8, 4) is 5.75 Å². The highest BCUT2D eigenvalue weighted by Crippen LogP contribution is 2.45. The third-order valence-electron chi connectivity index (χ3n) is 5.05. The molecule has 0 spiro atoms. The molecule has 0 fully saturated rings. The Morgan fingerprint density at radius 1 is 1.00 bits per heavy atom. The number of nitrogens with zero attached hydrogens (tertiary/aromatic N) is 1. The Kier molecular flexibility index (Phi) is 5.50. The average molecular weight is 419 g/mol. The molecule has 1 aliphatic heterocycles. The van der Waals surface area contributed by atoms with Gasteiger partial charge in [-0.25, -0.2) is 0 Å². The summed E-state index contributed by atoms with van der Waals surface area (Å²) in [6.45, 7) is 2.14. The van der Waals surface area contributed by atoms with Crippen molar-refractivity contribution in [1.29, 1.82) is 0 Å². The fourth-order valence-electron chi connectivity index (χ4n) is 3.28. The number of thioether (sulfide) groups is 1. The zero-order valence-electron chi connectivity index (χ0n) is 16.8. The van der Waals surface area contributed by atoms with E-state index in [1.807, 2.05) is 54.6 Å². The summed E-state index contributed by atoms with van der Waals surface area (Å²) >= 11 is 1.28. The molecule has 1 N–H and O–H groups in total. The number of hydrogen-bond donors (Lipinski definition) is 1. The fourth-order valence-corrected chi connectivity index (χ4v) is 4.55. The summed E-state index contributed by atoms with van der Waals surface area (Å²) in [5, 5.41) is 2.87. The van der Waals surface area contributed by atoms with Gasteiger partial charge in [-0.1, -0.05) is 54.2 Å². The second-order valence-electron chi connectivity index (χ2n) is 7.22. The number of fused-ring (bicyclic) bond motifs is 1. The molecule has 5 nitrogen and oxygen atoms in total. The Bertz CT molecular complexity index is 1070. The Labute approximate surface area is 180 Å². The topological polar surface area (TPSA) is 58.6 Å². The van der Waals surface area contributed by atoms with E-state index in [2.05, 4.69) is 5.32 Å². The van der Waals surface area contributed by atoms with Gasteiger partial charge in [-0.15, -0.1) is 0 Å². The molecule has 0 radical (unpaired) electrons. The second-order valence-corrected chi connectivity index (χ2v) is 8.68. The summed E-state index contributed by atoms with van der Waals surface area (Å²) in [5.41, 5.74) is 2.51. The van der Waals surface area contributed by atoms with Gasteiger partial charge < -0.3 is 15.0 Å². The number of para-hydroxylation sites is 1. The molecule has 6 heteroatoms. The molecule has 152 valence electrons. The van der Waals surface area contributed by atoms with Gasteiger partial charge in [0.15, 0.2) is 4.75 Å². The van der Waals surface area contributed by atoms with E-state index in [9.17, 15) is 9.59 Å². The predicted octanol–water partition coefficient (Wildman–Crippen LogP) is 4.73. The predicted molar refractivity (Wildman–Crippen MR) is 120 cm³/mol. The molecular weight excluding hydrogens is 396 g/mol. The average Bonchev–Trinajstić information content (AvgIpc) is 2.78. The molecule has 2 amide bonds. The van der Waals surface area contributed by atoms with Crippen LogP contribution < -0.4 is 15.0 Å². The smallest absolute Gasteiger partial charge is 0.252 e. The summed E-state index contributed by atoms with van der Waals surface area (Å²) in [7, 11) is 1.70. The van der Waals surface area contributed by atoms with Crippen LogP contribution in [0.5, 0.6) is 5.75 Å². The summed E-state index contributed by atoms with van der Waals surface area (Å²) < 4.78 is 4.54. The molecule has 1 heterocycles. The van der Waals surface area contributed by atoms with Crippen molar-refractivity contribution >= 4 is 35.0 Å². The van der Waals surface area contributed by atoms with Crippen molar-refractivity contribution in [3.05, 3.63) is 84.4 Å². The monoisotopic (exact) mass is 418 g/mol. The number of benzene rings is 3. The number of amides is 2. The number of carbonyl (C=O) groups is 2. The molecule has 30 heavy (non-hydrogen) atoms. The standard InChI is InChI=1S/C24H22N2O3S/c1-24(23(28)26(2)20-10-6-7-11-21(20)30-24)22(27)25-18-12-14-19(15-13-18)29-16-17-8-4-3-5-9-17/h3-15H,16H2,1-2H3,(H,25,27). The van der Waals surface area contributed by atoms with Gasteiger partial charge in [0, 0.05) is 17.6 Å². The lowest BCUT2D eigenvalue weighted by Crippen LogP contribution is -2.53. The van der Waals surface area contributed by atoms with Crippen LogP contribution in [0.15, 0.2) is 83.8 Å². The van der Waals surface area contributed by atoms with Gasteiger partial charge in [0.1, 0.15) is 12.4 Å². The lowest BCUT2D eigenvalue weighted by molar-refractivity contribution is -0.128. The van der Waals surface area contributed by atoms with E-state index in [4.69, 9.17) is 4.74 Å². The van der Waals surface area contributed by atoms with Crippen molar-refractivity contribution in [3.63, 3.8) is 0 Å². The van der Waals surface area contributed by atoms with Crippen LogP contribution in [0, 0.1) is 0 Å². The van der Waals surface area contributed by atoms with Crippen LogP contribution in [0.1, 0.15) is 12.5 Å². The maximum atomic E-state index is 13.0. The highest BCUT2D eigenvalue weighted by Gasteiger charge is 2.48. The number of hydrogen-bond acceptors (Lipinski definition) is 4.